The minimum Gasteiger partial charge on any atom is -0.366 e. The van der Waals surface area contributed by atoms with Gasteiger partial charge in [-0.15, -0.1) is 0 Å². The van der Waals surface area contributed by atoms with Crippen LogP contribution in [-0.4, -0.2) is 10.9 Å². The summed E-state index contributed by atoms with van der Waals surface area (Å²) in [4.78, 5) is 26.9. The normalized spacial score (nSPS) is 10.9. The van der Waals surface area contributed by atoms with Gasteiger partial charge in [-0.05, 0) is 24.3 Å². The van der Waals surface area contributed by atoms with E-state index in [1.807, 2.05) is 12.1 Å². The molecular weight excluding hydrogens is 228 g/mol. The molecule has 0 atom stereocenters. The van der Waals surface area contributed by atoms with Gasteiger partial charge in [0.25, 0.3) is 0 Å². The number of para-hydroxylation sites is 1. The van der Waals surface area contributed by atoms with Crippen molar-refractivity contribution in [2.24, 2.45) is 5.73 Å². The van der Waals surface area contributed by atoms with E-state index in [4.69, 9.17) is 5.73 Å². The molecule has 0 unspecified atom stereocenters. The van der Waals surface area contributed by atoms with Crippen molar-refractivity contribution in [1.82, 2.24) is 4.98 Å². The Morgan fingerprint density at radius 3 is 2.50 bits per heavy atom. The number of aromatic amines is 1. The predicted octanol–water partition coefficient (Wildman–Crippen LogP) is 1.78. The number of hydrogen-bond donors (Lipinski definition) is 2. The van der Waals surface area contributed by atoms with Crippen LogP contribution in [0.2, 0.25) is 0 Å². The zero-order valence-electron chi connectivity index (χ0n) is 9.44. The Morgan fingerprint density at radius 1 is 1.00 bits per heavy atom. The molecule has 3 aromatic rings. The van der Waals surface area contributed by atoms with Gasteiger partial charge in [0.1, 0.15) is 0 Å². The topological polar surface area (TPSA) is 76.0 Å². The summed E-state index contributed by atoms with van der Waals surface area (Å²) in [6.07, 6.45) is 0. The number of primary amides is 1. The summed E-state index contributed by atoms with van der Waals surface area (Å²) in [6, 6.07) is 12.2. The first-order chi connectivity index (χ1) is 8.68. The average molecular weight is 238 g/mol. The van der Waals surface area contributed by atoms with E-state index < -0.39 is 5.91 Å². The highest BCUT2D eigenvalue weighted by Crippen LogP contribution is 2.17. The van der Waals surface area contributed by atoms with Crippen LogP contribution in [-0.2, 0) is 0 Å². The van der Waals surface area contributed by atoms with Gasteiger partial charge in [0.05, 0.1) is 16.5 Å². The van der Waals surface area contributed by atoms with Crippen molar-refractivity contribution in [2.45, 2.75) is 0 Å². The molecule has 4 nitrogen and oxygen atoms in total. The molecule has 2 aromatic carbocycles. The van der Waals surface area contributed by atoms with E-state index in [1.165, 1.54) is 0 Å². The van der Waals surface area contributed by atoms with E-state index in [-0.39, 0.29) is 11.0 Å². The van der Waals surface area contributed by atoms with Crippen molar-refractivity contribution in [1.29, 1.82) is 0 Å². The number of H-pyrrole nitrogens is 1. The SMILES string of the molecule is NC(=O)c1cccc2[nH]c3ccccc3c(=O)c12. The second-order valence-electron chi connectivity index (χ2n) is 4.09. The van der Waals surface area contributed by atoms with Crippen LogP contribution in [0.1, 0.15) is 10.4 Å². The van der Waals surface area contributed by atoms with Crippen LogP contribution in [0.15, 0.2) is 47.3 Å². The standard InChI is InChI=1S/C14H10N2O2/c15-14(18)9-5-3-7-11-12(9)13(17)8-4-1-2-6-10(8)16-11/h1-7H,(H2,15,18)(H,16,17). The van der Waals surface area contributed by atoms with Crippen molar-refractivity contribution in [3.8, 4) is 0 Å². The fraction of sp³-hybridized carbons (Fsp3) is 0. The van der Waals surface area contributed by atoms with Crippen LogP contribution in [0.3, 0.4) is 0 Å². The zero-order valence-corrected chi connectivity index (χ0v) is 9.44. The minimum atomic E-state index is -0.596. The lowest BCUT2D eigenvalue weighted by atomic mass is 10.0. The van der Waals surface area contributed by atoms with Crippen molar-refractivity contribution in [2.75, 3.05) is 0 Å². The molecule has 0 saturated heterocycles. The van der Waals surface area contributed by atoms with Gasteiger partial charge in [0.2, 0.25) is 5.91 Å². The molecule has 1 heterocycles. The van der Waals surface area contributed by atoms with E-state index in [9.17, 15) is 9.59 Å². The third-order valence-electron chi connectivity index (χ3n) is 3.00. The van der Waals surface area contributed by atoms with Gasteiger partial charge >= 0.3 is 0 Å². The molecule has 0 spiro atoms. The summed E-state index contributed by atoms with van der Waals surface area (Å²) in [6.45, 7) is 0. The second kappa shape index (κ2) is 3.70. The number of pyridine rings is 1. The molecule has 0 radical (unpaired) electrons. The van der Waals surface area contributed by atoms with Gasteiger partial charge in [0.15, 0.2) is 5.43 Å². The highest BCUT2D eigenvalue weighted by molar-refractivity contribution is 6.07. The molecule has 4 heteroatoms. The molecule has 0 bridgehead atoms. The number of aromatic nitrogens is 1. The Kier molecular flexibility index (Phi) is 2.16. The molecular formula is C14H10N2O2. The largest absolute Gasteiger partial charge is 0.366 e. The second-order valence-corrected chi connectivity index (χ2v) is 4.09. The lowest BCUT2D eigenvalue weighted by Gasteiger charge is -2.05. The summed E-state index contributed by atoms with van der Waals surface area (Å²) in [5, 5.41) is 0.905. The Morgan fingerprint density at radius 2 is 1.72 bits per heavy atom. The van der Waals surface area contributed by atoms with E-state index in [2.05, 4.69) is 4.98 Å². The van der Waals surface area contributed by atoms with Crippen LogP contribution in [0.25, 0.3) is 21.8 Å². The summed E-state index contributed by atoms with van der Waals surface area (Å²) < 4.78 is 0. The molecule has 3 rings (SSSR count). The van der Waals surface area contributed by atoms with Crippen molar-refractivity contribution in [3.05, 3.63) is 58.3 Å². The van der Waals surface area contributed by atoms with Crippen LogP contribution < -0.4 is 11.2 Å². The van der Waals surface area contributed by atoms with E-state index in [0.717, 1.165) is 5.52 Å². The zero-order chi connectivity index (χ0) is 12.7. The molecule has 18 heavy (non-hydrogen) atoms. The summed E-state index contributed by atoms with van der Waals surface area (Å²) >= 11 is 0. The molecule has 0 aliphatic heterocycles. The maximum absolute atomic E-state index is 12.4. The van der Waals surface area contributed by atoms with Gasteiger partial charge in [0, 0.05) is 10.9 Å². The first kappa shape index (κ1) is 10.5. The van der Waals surface area contributed by atoms with E-state index in [1.54, 1.807) is 30.3 Å². The highest BCUT2D eigenvalue weighted by atomic mass is 16.1. The maximum atomic E-state index is 12.4. The number of benzene rings is 2. The lowest BCUT2D eigenvalue weighted by molar-refractivity contribution is 0.100. The Bertz CT molecular complexity index is 834. The van der Waals surface area contributed by atoms with Gasteiger partial charge in [-0.25, -0.2) is 0 Å². The van der Waals surface area contributed by atoms with Crippen LogP contribution in [0.5, 0.6) is 0 Å². The number of fused-ring (bicyclic) bond motifs is 2. The molecule has 88 valence electrons. The van der Waals surface area contributed by atoms with Crippen LogP contribution in [0, 0.1) is 0 Å². The number of rotatable bonds is 1. The molecule has 0 fully saturated rings. The average Bonchev–Trinajstić information content (AvgIpc) is 2.38. The molecule has 0 saturated carbocycles. The highest BCUT2D eigenvalue weighted by Gasteiger charge is 2.12. The first-order valence-corrected chi connectivity index (χ1v) is 5.52. The van der Waals surface area contributed by atoms with Crippen molar-refractivity contribution >= 4 is 27.7 Å². The Hall–Kier alpha value is -2.62. The number of carbonyl (C=O) groups is 1. The third-order valence-corrected chi connectivity index (χ3v) is 3.00. The van der Waals surface area contributed by atoms with Crippen LogP contribution in [0.4, 0.5) is 0 Å². The molecule has 1 aromatic heterocycles. The van der Waals surface area contributed by atoms with Crippen molar-refractivity contribution < 1.29 is 4.79 Å². The lowest BCUT2D eigenvalue weighted by Crippen LogP contribution is -2.16. The van der Waals surface area contributed by atoms with Gasteiger partial charge in [-0.3, -0.25) is 9.59 Å². The fourth-order valence-electron chi connectivity index (χ4n) is 2.18. The number of amides is 1. The maximum Gasteiger partial charge on any atom is 0.249 e. The summed E-state index contributed by atoms with van der Waals surface area (Å²) in [5.74, 6) is -0.596. The predicted molar refractivity (Wildman–Crippen MR) is 70.6 cm³/mol. The molecule has 0 aliphatic rings. The molecule has 0 aliphatic carbocycles. The number of nitrogens with one attached hydrogen (secondary N) is 1. The minimum absolute atomic E-state index is 0.172. The Balaban J connectivity index is 2.61. The smallest absolute Gasteiger partial charge is 0.249 e. The fourth-order valence-corrected chi connectivity index (χ4v) is 2.18. The number of hydrogen-bond acceptors (Lipinski definition) is 2. The molecule has 3 N–H and O–H groups in total. The van der Waals surface area contributed by atoms with Gasteiger partial charge in [-0.1, -0.05) is 18.2 Å². The molecule has 1 amide bonds. The number of nitrogens with two attached hydrogens (primary N) is 1. The first-order valence-electron chi connectivity index (χ1n) is 5.52. The third kappa shape index (κ3) is 1.39. The quantitative estimate of drug-likeness (QED) is 0.634. The van der Waals surface area contributed by atoms with Crippen LogP contribution >= 0.6 is 0 Å². The van der Waals surface area contributed by atoms with Crippen molar-refractivity contribution in [3.63, 3.8) is 0 Å². The number of carbonyl (C=O) groups excluding carboxylic acids is 1. The Labute approximate surface area is 102 Å². The monoisotopic (exact) mass is 238 g/mol. The van der Waals surface area contributed by atoms with Gasteiger partial charge in [-0.2, -0.15) is 0 Å². The van der Waals surface area contributed by atoms with E-state index >= 15 is 0 Å². The summed E-state index contributed by atoms with van der Waals surface area (Å²) in [5.41, 5.74) is 6.75. The van der Waals surface area contributed by atoms with Gasteiger partial charge < -0.3 is 10.7 Å². The van der Waals surface area contributed by atoms with E-state index in [0.29, 0.717) is 16.3 Å². The summed E-state index contributed by atoms with van der Waals surface area (Å²) in [7, 11) is 0.